The molecule has 5 heteroatoms. The van der Waals surface area contributed by atoms with Crippen LogP contribution < -0.4 is 11.1 Å². The minimum absolute atomic E-state index is 0.120. The van der Waals surface area contributed by atoms with E-state index in [1.54, 1.807) is 18.2 Å². The number of benzene rings is 1. The standard InChI is InChI=1S/C11H15FN2O2/c12-9-4-2-1-3-8(9)5-6-14-11(16)10(15)7-13/h1-4,10,15H,5-7,13H2,(H,14,16). The Morgan fingerprint density at radius 2 is 2.19 bits per heavy atom. The van der Waals surface area contributed by atoms with Crippen molar-refractivity contribution in [2.75, 3.05) is 13.1 Å². The van der Waals surface area contributed by atoms with Gasteiger partial charge in [0.05, 0.1) is 0 Å². The van der Waals surface area contributed by atoms with Crippen molar-refractivity contribution in [2.24, 2.45) is 5.73 Å². The van der Waals surface area contributed by atoms with E-state index in [1.807, 2.05) is 0 Å². The van der Waals surface area contributed by atoms with E-state index in [0.717, 1.165) is 0 Å². The van der Waals surface area contributed by atoms with Gasteiger partial charge < -0.3 is 16.2 Å². The van der Waals surface area contributed by atoms with Crippen LogP contribution in [0, 0.1) is 5.82 Å². The molecule has 0 spiro atoms. The number of carbonyl (C=O) groups excluding carboxylic acids is 1. The van der Waals surface area contributed by atoms with E-state index in [1.165, 1.54) is 6.07 Å². The highest BCUT2D eigenvalue weighted by Gasteiger charge is 2.11. The van der Waals surface area contributed by atoms with Gasteiger partial charge in [0, 0.05) is 13.1 Å². The first kappa shape index (κ1) is 12.6. The molecule has 0 aromatic heterocycles. The quantitative estimate of drug-likeness (QED) is 0.651. The zero-order valence-electron chi connectivity index (χ0n) is 8.82. The molecule has 0 bridgehead atoms. The van der Waals surface area contributed by atoms with Crippen LogP contribution in [0.3, 0.4) is 0 Å². The zero-order valence-corrected chi connectivity index (χ0v) is 8.82. The summed E-state index contributed by atoms with van der Waals surface area (Å²) in [5.74, 6) is -0.824. The first-order chi connectivity index (χ1) is 7.65. The highest BCUT2D eigenvalue weighted by Crippen LogP contribution is 2.05. The number of rotatable bonds is 5. The van der Waals surface area contributed by atoms with E-state index in [4.69, 9.17) is 10.8 Å². The van der Waals surface area contributed by atoms with Crippen LogP contribution >= 0.6 is 0 Å². The largest absolute Gasteiger partial charge is 0.382 e. The fourth-order valence-electron chi connectivity index (χ4n) is 1.25. The van der Waals surface area contributed by atoms with Gasteiger partial charge in [-0.15, -0.1) is 0 Å². The molecule has 1 rings (SSSR count). The van der Waals surface area contributed by atoms with Crippen LogP contribution in [0.15, 0.2) is 24.3 Å². The fraction of sp³-hybridized carbons (Fsp3) is 0.364. The predicted octanol–water partition coefficient (Wildman–Crippen LogP) is -0.196. The SMILES string of the molecule is NCC(O)C(=O)NCCc1ccccc1F. The number of nitrogens with two attached hydrogens (primary N) is 1. The Morgan fingerprint density at radius 1 is 1.50 bits per heavy atom. The maximum absolute atomic E-state index is 13.2. The molecule has 4 N–H and O–H groups in total. The van der Waals surface area contributed by atoms with Gasteiger partial charge >= 0.3 is 0 Å². The molecule has 0 aliphatic heterocycles. The van der Waals surface area contributed by atoms with Gasteiger partial charge in [-0.25, -0.2) is 4.39 Å². The van der Waals surface area contributed by atoms with Gasteiger partial charge in [0.25, 0.3) is 0 Å². The van der Waals surface area contributed by atoms with Crippen LogP contribution in [-0.4, -0.2) is 30.2 Å². The molecule has 0 radical (unpaired) electrons. The third kappa shape index (κ3) is 3.60. The second-order valence-electron chi connectivity index (χ2n) is 3.38. The van der Waals surface area contributed by atoms with Crippen molar-refractivity contribution in [1.29, 1.82) is 0 Å². The Hall–Kier alpha value is -1.46. The number of halogens is 1. The van der Waals surface area contributed by atoms with Gasteiger partial charge in [-0.1, -0.05) is 18.2 Å². The molecule has 0 heterocycles. The Morgan fingerprint density at radius 3 is 2.81 bits per heavy atom. The number of carbonyl (C=O) groups is 1. The average molecular weight is 226 g/mol. The summed E-state index contributed by atoms with van der Waals surface area (Å²) in [6.07, 6.45) is -0.809. The third-order valence-electron chi connectivity index (χ3n) is 2.18. The molecule has 88 valence electrons. The maximum Gasteiger partial charge on any atom is 0.250 e. The van der Waals surface area contributed by atoms with Crippen molar-refractivity contribution in [3.8, 4) is 0 Å². The van der Waals surface area contributed by atoms with Crippen LogP contribution in [0.1, 0.15) is 5.56 Å². The maximum atomic E-state index is 13.2. The van der Waals surface area contributed by atoms with Crippen molar-refractivity contribution in [2.45, 2.75) is 12.5 Å². The molecule has 0 saturated heterocycles. The number of hydrogen-bond acceptors (Lipinski definition) is 3. The fourth-order valence-corrected chi connectivity index (χ4v) is 1.25. The third-order valence-corrected chi connectivity index (χ3v) is 2.18. The molecular formula is C11H15FN2O2. The number of amides is 1. The van der Waals surface area contributed by atoms with Crippen molar-refractivity contribution >= 4 is 5.91 Å². The zero-order chi connectivity index (χ0) is 12.0. The lowest BCUT2D eigenvalue weighted by Gasteiger charge is -2.09. The molecule has 0 aliphatic rings. The van der Waals surface area contributed by atoms with E-state index < -0.39 is 12.0 Å². The van der Waals surface area contributed by atoms with Crippen LogP contribution in [0.4, 0.5) is 4.39 Å². The van der Waals surface area contributed by atoms with E-state index in [2.05, 4.69) is 5.32 Å². The smallest absolute Gasteiger partial charge is 0.250 e. The molecule has 1 atom stereocenters. The lowest BCUT2D eigenvalue weighted by atomic mass is 10.1. The molecular weight excluding hydrogens is 211 g/mol. The first-order valence-electron chi connectivity index (χ1n) is 5.04. The van der Waals surface area contributed by atoms with Gasteiger partial charge in [-0.3, -0.25) is 4.79 Å². The normalized spacial score (nSPS) is 12.2. The summed E-state index contributed by atoms with van der Waals surface area (Å²) in [6.45, 7) is 0.155. The van der Waals surface area contributed by atoms with Gasteiger partial charge in [0.15, 0.2) is 0 Å². The lowest BCUT2D eigenvalue weighted by Crippen LogP contribution is -2.40. The van der Waals surface area contributed by atoms with Gasteiger partial charge in [0.1, 0.15) is 11.9 Å². The Labute approximate surface area is 93.3 Å². The molecule has 1 aromatic carbocycles. The minimum atomic E-state index is -1.19. The monoisotopic (exact) mass is 226 g/mol. The van der Waals surface area contributed by atoms with Crippen molar-refractivity contribution in [1.82, 2.24) is 5.32 Å². The average Bonchev–Trinajstić information content (AvgIpc) is 2.30. The van der Waals surface area contributed by atoms with Crippen LogP contribution in [0.25, 0.3) is 0 Å². The molecule has 0 aliphatic carbocycles. The number of aliphatic hydroxyl groups excluding tert-OH is 1. The lowest BCUT2D eigenvalue weighted by molar-refractivity contribution is -0.128. The Balaban J connectivity index is 2.36. The van der Waals surface area contributed by atoms with Crippen molar-refractivity contribution in [3.05, 3.63) is 35.6 Å². The summed E-state index contributed by atoms with van der Waals surface area (Å²) in [5, 5.41) is 11.5. The molecule has 1 aromatic rings. The van der Waals surface area contributed by atoms with Crippen molar-refractivity contribution < 1.29 is 14.3 Å². The summed E-state index contributed by atoms with van der Waals surface area (Å²) < 4.78 is 13.2. The minimum Gasteiger partial charge on any atom is -0.382 e. The van der Waals surface area contributed by atoms with Crippen molar-refractivity contribution in [3.63, 3.8) is 0 Å². The van der Waals surface area contributed by atoms with Crippen LogP contribution in [0.2, 0.25) is 0 Å². The number of aliphatic hydroxyl groups is 1. The summed E-state index contributed by atoms with van der Waals surface area (Å²) in [4.78, 5) is 11.1. The predicted molar refractivity (Wildman–Crippen MR) is 58.2 cm³/mol. The van der Waals surface area contributed by atoms with Gasteiger partial charge in [0.2, 0.25) is 5.91 Å². The molecule has 1 amide bonds. The van der Waals surface area contributed by atoms with Gasteiger partial charge in [-0.05, 0) is 18.1 Å². The second-order valence-corrected chi connectivity index (χ2v) is 3.38. The molecule has 16 heavy (non-hydrogen) atoms. The summed E-state index contributed by atoms with van der Waals surface area (Å²) >= 11 is 0. The number of hydrogen-bond donors (Lipinski definition) is 3. The highest BCUT2D eigenvalue weighted by atomic mass is 19.1. The molecule has 0 saturated carbocycles. The Kier molecular flexibility index (Phi) is 4.88. The Bertz CT molecular complexity index is 358. The van der Waals surface area contributed by atoms with Crippen LogP contribution in [-0.2, 0) is 11.2 Å². The molecule has 4 nitrogen and oxygen atoms in total. The highest BCUT2D eigenvalue weighted by molar-refractivity contribution is 5.80. The molecule has 1 unspecified atom stereocenters. The summed E-state index contributed by atoms with van der Waals surface area (Å²) in [7, 11) is 0. The van der Waals surface area contributed by atoms with E-state index in [0.29, 0.717) is 12.0 Å². The number of nitrogens with one attached hydrogen (secondary N) is 1. The van der Waals surface area contributed by atoms with E-state index in [-0.39, 0.29) is 18.9 Å². The second kappa shape index (κ2) is 6.19. The topological polar surface area (TPSA) is 75.3 Å². The van der Waals surface area contributed by atoms with E-state index >= 15 is 0 Å². The van der Waals surface area contributed by atoms with E-state index in [9.17, 15) is 9.18 Å². The van der Waals surface area contributed by atoms with Gasteiger partial charge in [-0.2, -0.15) is 0 Å². The summed E-state index contributed by atoms with van der Waals surface area (Å²) in [6, 6.07) is 6.36. The first-order valence-corrected chi connectivity index (χ1v) is 5.04. The summed E-state index contributed by atoms with van der Waals surface area (Å²) in [5.41, 5.74) is 5.64. The van der Waals surface area contributed by atoms with Crippen LogP contribution in [0.5, 0.6) is 0 Å². The molecule has 0 fully saturated rings.